The van der Waals surface area contributed by atoms with E-state index in [2.05, 4.69) is 180 Å². The Kier molecular flexibility index (Phi) is 3110. The summed E-state index contributed by atoms with van der Waals surface area (Å²) in [6, 6.07) is 0. The minimum atomic E-state index is 0. The van der Waals surface area contributed by atoms with E-state index in [1.807, 2.05) is 180 Å². The van der Waals surface area contributed by atoms with E-state index in [1.54, 1.807) is 0 Å². The fourth-order valence-electron chi connectivity index (χ4n) is 2.12. The predicted octanol–water partition coefficient (Wildman–Crippen LogP) is 41.0. The summed E-state index contributed by atoms with van der Waals surface area (Å²) in [6.45, 7) is 128. The van der Waals surface area contributed by atoms with Crippen molar-refractivity contribution in [3.63, 3.8) is 0 Å². The molecule has 0 atom stereocenters. The first kappa shape index (κ1) is 438. The van der Waals surface area contributed by atoms with Crippen molar-refractivity contribution in [3.05, 3.63) is 171 Å². The summed E-state index contributed by atoms with van der Waals surface area (Å²) in [5.74, 6) is 0. The molecule has 21 radical (unpaired) electrons. The molecule has 0 fully saturated rings. The number of hydrogen-bond donors (Lipinski definition) is 0. The minimum Gasteiger partial charge on any atom is -0.358 e. The second kappa shape index (κ2) is 859. The van der Waals surface area contributed by atoms with Crippen LogP contribution < -0.4 is 0 Å². The molecule has 0 N–H and O–H groups in total. The van der Waals surface area contributed by atoms with E-state index in [9.17, 15) is 0 Å². The fraction of sp³-hybridized carbons (Fsp3) is 0.745. The molecule has 0 aromatic heterocycles. The van der Waals surface area contributed by atoms with Crippen molar-refractivity contribution in [1.29, 1.82) is 0 Å². The Labute approximate surface area is 1510 Å². The summed E-state index contributed by atoms with van der Waals surface area (Å²) >= 11 is 0. The molecule has 0 aliphatic heterocycles. The van der Waals surface area contributed by atoms with Crippen molar-refractivity contribution >= 4 is 0 Å². The standard InChI is InChI=1S/6C5H12.14C3H7.6C2H6.10CH3.6Ar.21Y/c6*1-3-5-4-2;14*1-3-2;6*1-2;;;;;;;;;;;;;;;;;;;;;;;;;;;;;;;;;;;;;/h6*3-5H2,1-2H3;14*1,3H2,2H3;6*1-2H3;10*1H3;;;;;;;;;;;;;;;;;;;;;;;;;;;/q;;;;;;14*-1;;;;;;;10*-1;;;;;;;;;;;;;;;;;;;;;;;;;;;. The Morgan fingerprint density at radius 2 is 0.116 bits per heavy atom. The van der Waals surface area contributed by atoms with Crippen LogP contribution in [-0.4, -0.2) is 0 Å². The Bertz CT molecular complexity index is 321. The molecule has 0 bridgehead atoms. The molecule has 747 valence electrons. The van der Waals surface area contributed by atoms with Gasteiger partial charge in [0.2, 0.25) is 0 Å². The maximum absolute atomic E-state index is 3.49. The van der Waals surface area contributed by atoms with Gasteiger partial charge in [-0.15, -0.1) is 0 Å². The average Bonchev–Trinajstić information content (AvgIpc) is 3.47. The van der Waals surface area contributed by atoms with Crippen LogP contribution >= 0.6 is 0 Å². The Hall–Kier alpha value is 30.7. The zero-order valence-corrected chi connectivity index (χ0v) is 159. The van der Waals surface area contributed by atoms with Crippen molar-refractivity contribution in [1.82, 2.24) is 0 Å². The van der Waals surface area contributed by atoms with Crippen LogP contribution in [0.2, 0.25) is 0 Å². The van der Waals surface area contributed by atoms with Gasteiger partial charge in [0.15, 0.2) is 0 Å². The second-order valence-electron chi connectivity index (χ2n) is 15.1. The van der Waals surface area contributed by atoms with Gasteiger partial charge in [-0.25, -0.2) is 0 Å². The van der Waals surface area contributed by atoms with Crippen molar-refractivity contribution in [2.24, 2.45) is 0 Å². The molecule has 0 unspecified atom stereocenters. The normalized spacial score (nSPS) is 4.46. The molecule has 0 aromatic rings. The molecule has 0 saturated heterocycles. The van der Waals surface area contributed by atoms with Crippen molar-refractivity contribution in [3.8, 4) is 0 Å². The van der Waals surface area contributed by atoms with E-state index in [0.717, 1.165) is 89.9 Å². The first-order valence-electron chi connectivity index (χ1n) is 37.4. The zero-order valence-electron chi connectivity index (χ0n) is 94.8. The first-order valence-corrected chi connectivity index (χ1v) is 37.4. The van der Waals surface area contributed by atoms with Crippen LogP contribution in [0.15, 0.2) is 0 Å². The molecule has 0 aromatic carbocycles. The summed E-state index contributed by atoms with van der Waals surface area (Å²) < 4.78 is 0. The van der Waals surface area contributed by atoms with E-state index in [4.69, 9.17) is 0 Å². The molecule has 27 heteroatoms. The van der Waals surface area contributed by atoms with Crippen LogP contribution in [0.4, 0.5) is 0 Å². The fourth-order valence-corrected chi connectivity index (χ4v) is 2.12. The summed E-state index contributed by atoms with van der Waals surface area (Å²) in [5.41, 5.74) is 0. The van der Waals surface area contributed by atoms with Crippen LogP contribution in [0.1, 0.15) is 469 Å². The maximum Gasteiger partial charge on any atom is 0 e. The molecule has 0 aliphatic carbocycles. The van der Waals surface area contributed by atoms with Gasteiger partial charge in [0.25, 0.3) is 0 Å². The van der Waals surface area contributed by atoms with Gasteiger partial charge < -0.3 is 171 Å². The van der Waals surface area contributed by atoms with Gasteiger partial charge in [-0.2, -0.15) is 89.9 Å². The first-order chi connectivity index (χ1) is 40.3. The van der Waals surface area contributed by atoms with Gasteiger partial charge in [0.1, 0.15) is 0 Å². The summed E-state index contributed by atoms with van der Waals surface area (Å²) in [4.78, 5) is 0. The van der Waals surface area contributed by atoms with Gasteiger partial charge in [0, 0.05) is 913 Å². The molecule has 0 rings (SSSR count). The van der Waals surface area contributed by atoms with Crippen LogP contribution in [0, 0.1) is 398 Å². The van der Waals surface area contributed by atoms with Crippen LogP contribution in [0.25, 0.3) is 0 Å². The molecular formula is C94H236Ar6Y21-24. The SMILES string of the molecule is CC.CC.CC.CC.CC.CC.CCCCC.CCCCC.CCCCC.CCCCC.CCCCC.CCCCC.[Ar].[Ar].[Ar].[Ar].[Ar].[Ar].[CH2-]CC.[CH2-]CC.[CH2-]CC.[CH2-]CC.[CH2-]CC.[CH2-]CC.[CH2-]CC.[CH2-]CC.[CH2-]CC.[CH2-]CC.[CH2-]CC.[CH2-]CC.[CH2-]CC.[CH2-]CC.[CH3-].[CH3-].[CH3-].[CH3-].[CH3-].[CH3-].[CH3-].[CH3-].[CH3-].[CH3-].[Y].[Y].[Y].[Y].[Y].[Y].[Y].[Y].[Y].[Y].[Y].[Y].[Y].[Y].[Y].[Y].[Y].[Y].[Y].[Y].[Y]. The third kappa shape index (κ3) is 1830. The van der Waals surface area contributed by atoms with Crippen molar-refractivity contribution in [2.45, 2.75) is 469 Å². The third-order valence-electron chi connectivity index (χ3n) is 4.24. The minimum absolute atomic E-state index is 0. The van der Waals surface area contributed by atoms with Gasteiger partial charge in [-0.3, -0.25) is 0 Å². The van der Waals surface area contributed by atoms with Crippen molar-refractivity contribution in [2.75, 3.05) is 0 Å². The van der Waals surface area contributed by atoms with E-state index in [0.29, 0.717) is 0 Å². The predicted molar refractivity (Wildman–Crippen MR) is 502 cm³/mol. The molecule has 0 saturated carbocycles. The molecule has 0 heterocycles. The largest absolute Gasteiger partial charge is 0.358 e. The van der Waals surface area contributed by atoms with Crippen LogP contribution in [-0.2, 0) is 687 Å². The third-order valence-corrected chi connectivity index (χ3v) is 4.24. The second-order valence-corrected chi connectivity index (χ2v) is 15.1. The molecule has 0 amide bonds. The van der Waals surface area contributed by atoms with Gasteiger partial charge in [-0.05, 0) is 0 Å². The van der Waals surface area contributed by atoms with Gasteiger partial charge >= 0.3 is 0 Å². The molecule has 0 nitrogen and oxygen atoms in total. The Morgan fingerprint density at radius 3 is 0.116 bits per heavy atom. The van der Waals surface area contributed by atoms with E-state index in [1.165, 1.54) is 116 Å². The Balaban J connectivity index is -0.00000000470. The molecular weight excluding hydrogens is 3240 g/mol. The number of hydrogen-bond acceptors (Lipinski definition) is 0. The van der Waals surface area contributed by atoms with E-state index >= 15 is 0 Å². The quantitative estimate of drug-likeness (QED) is 0.171. The van der Waals surface area contributed by atoms with Crippen molar-refractivity contribution < 1.29 is 913 Å². The topological polar surface area (TPSA) is 0 Å². The average molecular weight is 3470 g/mol. The monoisotopic (exact) mass is 3470 g/mol. The van der Waals surface area contributed by atoms with E-state index in [-0.39, 0.29) is 988 Å². The number of unbranched alkanes of at least 4 members (excludes halogenated alkanes) is 12. The summed E-state index contributed by atoms with van der Waals surface area (Å²) in [7, 11) is 0. The summed E-state index contributed by atoms with van der Waals surface area (Å²) in [6.07, 6.45) is 38.5. The van der Waals surface area contributed by atoms with Crippen LogP contribution in [0.3, 0.4) is 0 Å². The smallest absolute Gasteiger partial charge is 0 e. The van der Waals surface area contributed by atoms with Crippen LogP contribution in [0.5, 0.6) is 0 Å². The number of rotatable bonds is 12. The van der Waals surface area contributed by atoms with Gasteiger partial charge in [-0.1, -0.05) is 379 Å². The van der Waals surface area contributed by atoms with E-state index < -0.39 is 0 Å². The summed E-state index contributed by atoms with van der Waals surface area (Å²) in [5, 5.41) is 0. The molecule has 0 aliphatic rings. The maximum atomic E-state index is 3.49. The van der Waals surface area contributed by atoms with Gasteiger partial charge in [0.05, 0.1) is 0 Å². The Morgan fingerprint density at radius 1 is 0.0992 bits per heavy atom. The molecule has 121 heavy (non-hydrogen) atoms. The molecule has 0 spiro atoms. The zero-order chi connectivity index (χ0) is 74.6.